The molecule has 2 N–H and O–H groups in total. The van der Waals surface area contributed by atoms with Crippen molar-refractivity contribution in [3.63, 3.8) is 0 Å². The molecule has 1 heterocycles. The van der Waals surface area contributed by atoms with E-state index in [4.69, 9.17) is 0 Å². The average molecular weight is 499 g/mol. The van der Waals surface area contributed by atoms with E-state index in [1.165, 1.54) is 12.8 Å². The number of hydrogen-bond acceptors (Lipinski definition) is 4. The largest absolute Gasteiger partial charge is 0.376 e. The molecule has 0 unspecified atom stereocenters. The van der Waals surface area contributed by atoms with Gasteiger partial charge in [-0.1, -0.05) is 37.1 Å². The van der Waals surface area contributed by atoms with Gasteiger partial charge in [-0.25, -0.2) is 0 Å². The highest BCUT2D eigenvalue weighted by Gasteiger charge is 2.18. The highest BCUT2D eigenvalue weighted by Crippen LogP contribution is 2.19. The van der Waals surface area contributed by atoms with Gasteiger partial charge in [-0.3, -0.25) is 14.4 Å². The van der Waals surface area contributed by atoms with Crippen LogP contribution in [0.25, 0.3) is 0 Å². The normalized spacial score (nSPS) is 13.4. The SMILES string of the molecule is CCN(C(=O)c1cccc(NCC(=O)Nc2ccc(C(=O)N3CCCCCC3)cc2)c1)c1ccccc1. The maximum Gasteiger partial charge on any atom is 0.258 e. The van der Waals surface area contributed by atoms with Crippen molar-refractivity contribution in [3.8, 4) is 0 Å². The van der Waals surface area contributed by atoms with Crippen molar-refractivity contribution in [2.75, 3.05) is 41.7 Å². The van der Waals surface area contributed by atoms with E-state index < -0.39 is 0 Å². The fraction of sp³-hybridized carbons (Fsp3) is 0.300. The monoisotopic (exact) mass is 498 g/mol. The maximum absolute atomic E-state index is 13.1. The van der Waals surface area contributed by atoms with Crippen LogP contribution in [-0.2, 0) is 4.79 Å². The van der Waals surface area contributed by atoms with E-state index in [2.05, 4.69) is 10.6 Å². The molecule has 7 nitrogen and oxygen atoms in total. The lowest BCUT2D eigenvalue weighted by molar-refractivity contribution is -0.114. The molecule has 1 aliphatic rings. The number of para-hydroxylation sites is 1. The van der Waals surface area contributed by atoms with Gasteiger partial charge in [-0.05, 0) is 74.4 Å². The van der Waals surface area contributed by atoms with E-state index in [1.807, 2.05) is 48.2 Å². The van der Waals surface area contributed by atoms with Gasteiger partial charge >= 0.3 is 0 Å². The zero-order chi connectivity index (χ0) is 26.0. The summed E-state index contributed by atoms with van der Waals surface area (Å²) in [6.07, 6.45) is 4.45. The van der Waals surface area contributed by atoms with Crippen LogP contribution in [0.15, 0.2) is 78.9 Å². The molecule has 192 valence electrons. The topological polar surface area (TPSA) is 81.8 Å². The van der Waals surface area contributed by atoms with Gasteiger partial charge in [0.25, 0.3) is 11.8 Å². The number of nitrogens with zero attached hydrogens (tertiary/aromatic N) is 2. The lowest BCUT2D eigenvalue weighted by atomic mass is 10.1. The van der Waals surface area contributed by atoms with Crippen molar-refractivity contribution >= 4 is 34.8 Å². The third kappa shape index (κ3) is 6.97. The van der Waals surface area contributed by atoms with E-state index in [0.29, 0.717) is 29.0 Å². The van der Waals surface area contributed by atoms with Crippen molar-refractivity contribution in [3.05, 3.63) is 90.0 Å². The third-order valence-electron chi connectivity index (χ3n) is 6.50. The number of anilines is 3. The summed E-state index contributed by atoms with van der Waals surface area (Å²) in [5.41, 5.74) is 3.33. The molecule has 0 aromatic heterocycles. The Kier molecular flexibility index (Phi) is 8.92. The van der Waals surface area contributed by atoms with Crippen molar-refractivity contribution in [1.82, 2.24) is 4.90 Å². The first-order valence-corrected chi connectivity index (χ1v) is 12.9. The number of amides is 3. The number of likely N-dealkylation sites (tertiary alicyclic amines) is 1. The van der Waals surface area contributed by atoms with Crippen LogP contribution in [0.3, 0.4) is 0 Å². The minimum atomic E-state index is -0.220. The van der Waals surface area contributed by atoms with Crippen LogP contribution >= 0.6 is 0 Å². The van der Waals surface area contributed by atoms with Crippen molar-refractivity contribution < 1.29 is 14.4 Å². The van der Waals surface area contributed by atoms with Gasteiger partial charge in [0.05, 0.1) is 6.54 Å². The van der Waals surface area contributed by atoms with Crippen LogP contribution in [0.2, 0.25) is 0 Å². The minimum Gasteiger partial charge on any atom is -0.376 e. The second-order valence-corrected chi connectivity index (χ2v) is 9.15. The Bertz CT molecular complexity index is 1200. The predicted octanol–water partition coefficient (Wildman–Crippen LogP) is 5.42. The van der Waals surface area contributed by atoms with Crippen LogP contribution < -0.4 is 15.5 Å². The zero-order valence-electron chi connectivity index (χ0n) is 21.3. The molecule has 37 heavy (non-hydrogen) atoms. The van der Waals surface area contributed by atoms with E-state index in [-0.39, 0.29) is 24.3 Å². The minimum absolute atomic E-state index is 0.0439. The van der Waals surface area contributed by atoms with E-state index in [0.717, 1.165) is 31.6 Å². The molecule has 7 heteroatoms. The molecule has 3 aromatic carbocycles. The van der Waals surface area contributed by atoms with Gasteiger partial charge in [-0.15, -0.1) is 0 Å². The number of nitrogens with one attached hydrogen (secondary N) is 2. The molecule has 0 spiro atoms. The van der Waals surface area contributed by atoms with Gasteiger partial charge in [-0.2, -0.15) is 0 Å². The van der Waals surface area contributed by atoms with Crippen LogP contribution in [0.4, 0.5) is 17.1 Å². The van der Waals surface area contributed by atoms with Crippen LogP contribution in [0.5, 0.6) is 0 Å². The molecule has 3 aromatic rings. The molecule has 3 amide bonds. The van der Waals surface area contributed by atoms with E-state index in [1.54, 1.807) is 47.4 Å². The third-order valence-corrected chi connectivity index (χ3v) is 6.50. The number of hydrogen-bond donors (Lipinski definition) is 2. The predicted molar refractivity (Wildman–Crippen MR) is 148 cm³/mol. The summed E-state index contributed by atoms with van der Waals surface area (Å²) in [6.45, 7) is 4.14. The fourth-order valence-corrected chi connectivity index (χ4v) is 4.51. The number of rotatable bonds is 8. The lowest BCUT2D eigenvalue weighted by Crippen LogP contribution is -2.31. The highest BCUT2D eigenvalue weighted by atomic mass is 16.2. The Morgan fingerprint density at radius 1 is 0.784 bits per heavy atom. The van der Waals surface area contributed by atoms with Crippen LogP contribution in [0, 0.1) is 0 Å². The van der Waals surface area contributed by atoms with Crippen molar-refractivity contribution in [2.45, 2.75) is 32.6 Å². The maximum atomic E-state index is 13.1. The molecule has 0 atom stereocenters. The second-order valence-electron chi connectivity index (χ2n) is 9.15. The molecule has 4 rings (SSSR count). The lowest BCUT2D eigenvalue weighted by Gasteiger charge is -2.21. The standard InChI is InChI=1S/C30H34N4O3/c1-2-34(27-13-6-5-7-14-27)30(37)24-11-10-12-26(21-24)31-22-28(35)32-25-17-15-23(16-18-25)29(36)33-19-8-3-4-9-20-33/h5-7,10-18,21,31H,2-4,8-9,19-20,22H2,1H3,(H,32,35). The summed E-state index contributed by atoms with van der Waals surface area (Å²) < 4.78 is 0. The van der Waals surface area contributed by atoms with Gasteiger partial charge in [0.2, 0.25) is 5.91 Å². The Labute approximate surface area is 218 Å². The first kappa shape index (κ1) is 25.9. The summed E-state index contributed by atoms with van der Waals surface area (Å²) in [7, 11) is 0. The second kappa shape index (κ2) is 12.7. The summed E-state index contributed by atoms with van der Waals surface area (Å²) >= 11 is 0. The smallest absolute Gasteiger partial charge is 0.258 e. The fourth-order valence-electron chi connectivity index (χ4n) is 4.51. The van der Waals surface area contributed by atoms with Crippen molar-refractivity contribution in [1.29, 1.82) is 0 Å². The molecular formula is C30H34N4O3. The molecule has 0 aliphatic carbocycles. The van der Waals surface area contributed by atoms with Gasteiger partial charge in [0.15, 0.2) is 0 Å². The molecule has 1 fully saturated rings. The molecule has 1 aliphatic heterocycles. The van der Waals surface area contributed by atoms with Gasteiger partial charge < -0.3 is 20.4 Å². The zero-order valence-corrected chi connectivity index (χ0v) is 21.3. The quantitative estimate of drug-likeness (QED) is 0.435. The summed E-state index contributed by atoms with van der Waals surface area (Å²) in [6, 6.07) is 23.7. The molecule has 1 saturated heterocycles. The summed E-state index contributed by atoms with van der Waals surface area (Å²) in [5, 5.41) is 5.94. The Balaban J connectivity index is 1.31. The molecular weight excluding hydrogens is 464 g/mol. The number of benzene rings is 3. The van der Waals surface area contributed by atoms with Crippen LogP contribution in [0.1, 0.15) is 53.3 Å². The number of carbonyl (C=O) groups excluding carboxylic acids is 3. The first-order valence-electron chi connectivity index (χ1n) is 12.9. The molecule has 0 bridgehead atoms. The average Bonchev–Trinajstić information content (AvgIpc) is 3.23. The Hall–Kier alpha value is -4.13. The number of carbonyl (C=O) groups is 3. The van der Waals surface area contributed by atoms with E-state index >= 15 is 0 Å². The van der Waals surface area contributed by atoms with Crippen molar-refractivity contribution in [2.24, 2.45) is 0 Å². The summed E-state index contributed by atoms with van der Waals surface area (Å²) in [5.74, 6) is -0.274. The highest BCUT2D eigenvalue weighted by molar-refractivity contribution is 6.06. The van der Waals surface area contributed by atoms with E-state index in [9.17, 15) is 14.4 Å². The summed E-state index contributed by atoms with van der Waals surface area (Å²) in [4.78, 5) is 42.0. The Morgan fingerprint density at radius 2 is 1.49 bits per heavy atom. The molecule has 0 radical (unpaired) electrons. The van der Waals surface area contributed by atoms with Gasteiger partial charge in [0, 0.05) is 47.8 Å². The first-order chi connectivity index (χ1) is 18.0. The van der Waals surface area contributed by atoms with Crippen LogP contribution in [-0.4, -0.2) is 48.8 Å². The van der Waals surface area contributed by atoms with Gasteiger partial charge in [0.1, 0.15) is 0 Å². The molecule has 0 saturated carbocycles. The Morgan fingerprint density at radius 3 is 2.16 bits per heavy atom.